The quantitative estimate of drug-likeness (QED) is 0.805. The van der Waals surface area contributed by atoms with Gasteiger partial charge in [-0.25, -0.2) is 0 Å². The smallest absolute Gasteiger partial charge is 0.307 e. The first-order valence-corrected chi connectivity index (χ1v) is 7.77. The molecule has 3 unspecified atom stereocenters. The van der Waals surface area contributed by atoms with E-state index < -0.39 is 17.8 Å². The Morgan fingerprint density at radius 1 is 1.10 bits per heavy atom. The van der Waals surface area contributed by atoms with E-state index in [0.717, 1.165) is 32.4 Å². The predicted octanol–water partition coefficient (Wildman–Crippen LogP) is 0.862. The molecule has 0 aromatic heterocycles. The van der Waals surface area contributed by atoms with Crippen molar-refractivity contribution in [3.8, 4) is 0 Å². The van der Waals surface area contributed by atoms with Gasteiger partial charge < -0.3 is 15.3 Å². The van der Waals surface area contributed by atoms with Crippen LogP contribution in [0.3, 0.4) is 0 Å². The number of piperidine rings is 1. The molecule has 2 amide bonds. The zero-order valence-electron chi connectivity index (χ0n) is 12.5. The third kappa shape index (κ3) is 3.95. The van der Waals surface area contributed by atoms with Crippen molar-refractivity contribution in [2.75, 3.05) is 19.6 Å². The number of likely N-dealkylation sites (tertiary alicyclic amines) is 1. The summed E-state index contributed by atoms with van der Waals surface area (Å²) in [6, 6.07) is 0. The minimum Gasteiger partial charge on any atom is -0.481 e. The summed E-state index contributed by atoms with van der Waals surface area (Å²) in [6.07, 6.45) is 4.30. The summed E-state index contributed by atoms with van der Waals surface area (Å²) in [7, 11) is 0. The summed E-state index contributed by atoms with van der Waals surface area (Å²) in [5.74, 6) is -2.17. The number of aliphatic carboxylic acids is 1. The second-order valence-corrected chi connectivity index (χ2v) is 6.29. The number of carboxylic acids is 1. The van der Waals surface area contributed by atoms with Crippen molar-refractivity contribution in [2.24, 2.45) is 17.8 Å². The molecule has 0 spiro atoms. The van der Waals surface area contributed by atoms with Crippen molar-refractivity contribution in [1.29, 1.82) is 0 Å². The molecule has 2 aliphatic rings. The van der Waals surface area contributed by atoms with Gasteiger partial charge in [-0.1, -0.05) is 6.92 Å². The van der Waals surface area contributed by atoms with Gasteiger partial charge in [0.25, 0.3) is 0 Å². The molecule has 1 aliphatic heterocycles. The lowest BCUT2D eigenvalue weighted by atomic mass is 9.95. The molecule has 1 saturated carbocycles. The van der Waals surface area contributed by atoms with Gasteiger partial charge >= 0.3 is 5.97 Å². The Bertz CT molecular complexity index is 418. The highest BCUT2D eigenvalue weighted by molar-refractivity contribution is 5.89. The maximum atomic E-state index is 12.1. The number of hydrogen-bond donors (Lipinski definition) is 2. The van der Waals surface area contributed by atoms with E-state index in [0.29, 0.717) is 12.8 Å². The molecule has 1 heterocycles. The summed E-state index contributed by atoms with van der Waals surface area (Å²) in [6.45, 7) is 3.46. The van der Waals surface area contributed by atoms with Crippen LogP contribution < -0.4 is 5.32 Å². The van der Waals surface area contributed by atoms with Gasteiger partial charge in [-0.05, 0) is 38.0 Å². The van der Waals surface area contributed by atoms with Crippen LogP contribution in [0.4, 0.5) is 0 Å². The second-order valence-electron chi connectivity index (χ2n) is 6.29. The molecule has 6 nitrogen and oxygen atoms in total. The van der Waals surface area contributed by atoms with E-state index >= 15 is 0 Å². The molecule has 0 aromatic rings. The van der Waals surface area contributed by atoms with Gasteiger partial charge in [-0.15, -0.1) is 0 Å². The highest BCUT2D eigenvalue weighted by atomic mass is 16.4. The molecule has 2 rings (SSSR count). The molecule has 21 heavy (non-hydrogen) atoms. The average Bonchev–Trinajstić information content (AvgIpc) is 2.87. The number of carbonyl (C=O) groups excluding carboxylic acids is 2. The third-order valence-electron chi connectivity index (χ3n) is 4.57. The molecular formula is C15H24N2O4. The number of carboxylic acid groups (broad SMARTS) is 1. The SMILES string of the molecule is CC1CC(C(=O)O)C(C(=O)NCC(=O)N2CCCCC2)C1. The second kappa shape index (κ2) is 6.91. The van der Waals surface area contributed by atoms with Crippen LogP contribution in [0.25, 0.3) is 0 Å². The molecule has 3 atom stereocenters. The maximum Gasteiger partial charge on any atom is 0.307 e. The van der Waals surface area contributed by atoms with Crippen LogP contribution in [0.1, 0.15) is 39.0 Å². The van der Waals surface area contributed by atoms with Gasteiger partial charge in [0.05, 0.1) is 18.4 Å². The van der Waals surface area contributed by atoms with E-state index in [1.54, 1.807) is 4.90 Å². The number of nitrogens with zero attached hydrogens (tertiary/aromatic N) is 1. The van der Waals surface area contributed by atoms with Gasteiger partial charge in [0.15, 0.2) is 0 Å². The topological polar surface area (TPSA) is 86.7 Å². The van der Waals surface area contributed by atoms with Crippen molar-refractivity contribution in [2.45, 2.75) is 39.0 Å². The molecule has 118 valence electrons. The van der Waals surface area contributed by atoms with Crippen LogP contribution in [-0.2, 0) is 14.4 Å². The Morgan fingerprint density at radius 2 is 1.71 bits per heavy atom. The standard InChI is InChI=1S/C15H24N2O4/c1-10-7-11(12(8-10)15(20)21)14(19)16-9-13(18)17-5-3-2-4-6-17/h10-12H,2-9H2,1H3,(H,16,19)(H,20,21). The van der Waals surface area contributed by atoms with Crippen LogP contribution in [-0.4, -0.2) is 47.4 Å². The largest absolute Gasteiger partial charge is 0.481 e. The van der Waals surface area contributed by atoms with Crippen molar-refractivity contribution >= 4 is 17.8 Å². The van der Waals surface area contributed by atoms with Crippen LogP contribution in [0.2, 0.25) is 0 Å². The van der Waals surface area contributed by atoms with E-state index in [-0.39, 0.29) is 24.3 Å². The Hall–Kier alpha value is -1.59. The van der Waals surface area contributed by atoms with Crippen LogP contribution >= 0.6 is 0 Å². The number of rotatable bonds is 4. The minimum atomic E-state index is -0.915. The van der Waals surface area contributed by atoms with Crippen LogP contribution in [0.5, 0.6) is 0 Å². The average molecular weight is 296 g/mol. The van der Waals surface area contributed by atoms with Gasteiger partial charge in [-0.3, -0.25) is 14.4 Å². The minimum absolute atomic E-state index is 0.0178. The Balaban J connectivity index is 1.83. The summed E-state index contributed by atoms with van der Waals surface area (Å²) < 4.78 is 0. The van der Waals surface area contributed by atoms with Crippen molar-refractivity contribution in [3.05, 3.63) is 0 Å². The number of nitrogens with one attached hydrogen (secondary N) is 1. The first-order chi connectivity index (χ1) is 9.99. The summed E-state index contributed by atoms with van der Waals surface area (Å²) in [5.41, 5.74) is 0. The molecular weight excluding hydrogens is 272 g/mol. The molecule has 6 heteroatoms. The van der Waals surface area contributed by atoms with Crippen LogP contribution in [0.15, 0.2) is 0 Å². The molecule has 1 aliphatic carbocycles. The first-order valence-electron chi connectivity index (χ1n) is 7.77. The van der Waals surface area contributed by atoms with Gasteiger partial charge in [-0.2, -0.15) is 0 Å². The fraction of sp³-hybridized carbons (Fsp3) is 0.800. The van der Waals surface area contributed by atoms with E-state index in [1.807, 2.05) is 6.92 Å². The highest BCUT2D eigenvalue weighted by Gasteiger charge is 2.41. The van der Waals surface area contributed by atoms with Crippen molar-refractivity contribution in [1.82, 2.24) is 10.2 Å². The van der Waals surface area contributed by atoms with E-state index in [2.05, 4.69) is 5.32 Å². The number of hydrogen-bond acceptors (Lipinski definition) is 3. The zero-order valence-corrected chi connectivity index (χ0v) is 12.5. The van der Waals surface area contributed by atoms with Crippen molar-refractivity contribution in [3.63, 3.8) is 0 Å². The van der Waals surface area contributed by atoms with Crippen LogP contribution in [0, 0.1) is 17.8 Å². The normalized spacial score (nSPS) is 29.2. The number of amides is 2. The molecule has 0 radical (unpaired) electrons. The fourth-order valence-corrected chi connectivity index (χ4v) is 3.40. The number of carbonyl (C=O) groups is 3. The first kappa shape index (κ1) is 15.8. The van der Waals surface area contributed by atoms with Gasteiger partial charge in [0.2, 0.25) is 11.8 Å². The Kier molecular flexibility index (Phi) is 5.20. The molecule has 2 fully saturated rings. The summed E-state index contributed by atoms with van der Waals surface area (Å²) in [4.78, 5) is 37.1. The predicted molar refractivity (Wildman–Crippen MR) is 76.5 cm³/mol. The molecule has 0 bridgehead atoms. The van der Waals surface area contributed by atoms with E-state index in [1.165, 1.54) is 0 Å². The van der Waals surface area contributed by atoms with E-state index in [4.69, 9.17) is 0 Å². The van der Waals surface area contributed by atoms with E-state index in [9.17, 15) is 19.5 Å². The third-order valence-corrected chi connectivity index (χ3v) is 4.57. The van der Waals surface area contributed by atoms with Gasteiger partial charge in [0.1, 0.15) is 0 Å². The fourth-order valence-electron chi connectivity index (χ4n) is 3.40. The molecule has 1 saturated heterocycles. The lowest BCUT2D eigenvalue weighted by Crippen LogP contribution is -2.44. The molecule has 2 N–H and O–H groups in total. The Morgan fingerprint density at radius 3 is 2.33 bits per heavy atom. The highest BCUT2D eigenvalue weighted by Crippen LogP contribution is 2.36. The maximum absolute atomic E-state index is 12.1. The summed E-state index contributed by atoms with van der Waals surface area (Å²) >= 11 is 0. The lowest BCUT2D eigenvalue weighted by molar-refractivity contribution is -0.146. The van der Waals surface area contributed by atoms with Crippen molar-refractivity contribution < 1.29 is 19.5 Å². The monoisotopic (exact) mass is 296 g/mol. The molecule has 0 aromatic carbocycles. The Labute approximate surface area is 124 Å². The lowest BCUT2D eigenvalue weighted by Gasteiger charge is -2.27. The summed E-state index contributed by atoms with van der Waals surface area (Å²) in [5, 5.41) is 11.8. The van der Waals surface area contributed by atoms with Gasteiger partial charge in [0, 0.05) is 13.1 Å². The zero-order chi connectivity index (χ0) is 15.4.